The molecule has 1 aliphatic heterocycles. The van der Waals surface area contributed by atoms with Crippen molar-refractivity contribution in [3.8, 4) is 0 Å². The first-order valence-electron chi connectivity index (χ1n) is 6.14. The van der Waals surface area contributed by atoms with Crippen LogP contribution in [0, 0.1) is 5.92 Å². The van der Waals surface area contributed by atoms with Gasteiger partial charge in [0.1, 0.15) is 0 Å². The average molecular weight is 247 g/mol. The Hall–Kier alpha value is -1.84. The van der Waals surface area contributed by atoms with Crippen molar-refractivity contribution in [3.05, 3.63) is 35.4 Å². The first-order valence-corrected chi connectivity index (χ1v) is 6.14. The molecule has 4 nitrogen and oxygen atoms in total. The van der Waals surface area contributed by atoms with Crippen LogP contribution in [0.15, 0.2) is 24.3 Å². The highest BCUT2D eigenvalue weighted by molar-refractivity contribution is 5.95. The summed E-state index contributed by atoms with van der Waals surface area (Å²) < 4.78 is 5.16. The highest BCUT2D eigenvalue weighted by atomic mass is 16.5. The van der Waals surface area contributed by atoms with Crippen LogP contribution in [0.3, 0.4) is 0 Å². The second kappa shape index (κ2) is 5.21. The fourth-order valence-corrected chi connectivity index (χ4v) is 1.90. The molecule has 1 unspecified atom stereocenters. The van der Waals surface area contributed by atoms with E-state index < -0.39 is 12.1 Å². The van der Waals surface area contributed by atoms with E-state index in [9.17, 15) is 9.59 Å². The van der Waals surface area contributed by atoms with E-state index in [0.717, 1.165) is 5.56 Å². The SMILES string of the molecule is CC(C)CNC(=O)C1Cc2ccccc2C(=O)O1. The summed E-state index contributed by atoms with van der Waals surface area (Å²) in [5, 5.41) is 2.79. The summed E-state index contributed by atoms with van der Waals surface area (Å²) in [6.07, 6.45) is -0.252. The van der Waals surface area contributed by atoms with Gasteiger partial charge in [-0.25, -0.2) is 4.79 Å². The summed E-state index contributed by atoms with van der Waals surface area (Å²) in [6, 6.07) is 7.23. The zero-order valence-electron chi connectivity index (χ0n) is 10.6. The van der Waals surface area contributed by atoms with Crippen LogP contribution in [0.1, 0.15) is 29.8 Å². The summed E-state index contributed by atoms with van der Waals surface area (Å²) in [5.41, 5.74) is 1.43. The fourth-order valence-electron chi connectivity index (χ4n) is 1.90. The Morgan fingerprint density at radius 1 is 1.44 bits per heavy atom. The van der Waals surface area contributed by atoms with Gasteiger partial charge in [0.25, 0.3) is 5.91 Å². The summed E-state index contributed by atoms with van der Waals surface area (Å²) in [7, 11) is 0. The van der Waals surface area contributed by atoms with Crippen molar-refractivity contribution in [3.63, 3.8) is 0 Å². The van der Waals surface area contributed by atoms with E-state index in [1.165, 1.54) is 0 Å². The van der Waals surface area contributed by atoms with Gasteiger partial charge in [0.15, 0.2) is 6.10 Å². The highest BCUT2D eigenvalue weighted by Crippen LogP contribution is 2.20. The molecule has 96 valence electrons. The first kappa shape index (κ1) is 12.6. The van der Waals surface area contributed by atoms with Gasteiger partial charge in [-0.3, -0.25) is 4.79 Å². The standard InChI is InChI=1S/C14H17NO3/c1-9(2)8-15-13(16)12-7-10-5-3-4-6-11(10)14(17)18-12/h3-6,9,12H,7-8H2,1-2H3,(H,15,16). The van der Waals surface area contributed by atoms with Gasteiger partial charge in [-0.05, 0) is 17.5 Å². The molecule has 0 fully saturated rings. The van der Waals surface area contributed by atoms with Crippen molar-refractivity contribution in [2.75, 3.05) is 6.54 Å². The van der Waals surface area contributed by atoms with Crippen LogP contribution in [0.4, 0.5) is 0 Å². The summed E-state index contributed by atoms with van der Waals surface area (Å²) in [4.78, 5) is 23.6. The normalized spacial score (nSPS) is 18.2. The number of benzene rings is 1. The van der Waals surface area contributed by atoms with E-state index >= 15 is 0 Å². The molecule has 0 radical (unpaired) electrons. The minimum atomic E-state index is -0.703. The lowest BCUT2D eigenvalue weighted by Gasteiger charge is -2.24. The van der Waals surface area contributed by atoms with Gasteiger partial charge in [-0.1, -0.05) is 32.0 Å². The van der Waals surface area contributed by atoms with Gasteiger partial charge >= 0.3 is 5.97 Å². The van der Waals surface area contributed by atoms with Crippen LogP contribution in [0.5, 0.6) is 0 Å². The van der Waals surface area contributed by atoms with Gasteiger partial charge in [0.05, 0.1) is 5.56 Å². The summed E-state index contributed by atoms with van der Waals surface area (Å²) >= 11 is 0. The molecule has 1 aromatic carbocycles. The van der Waals surface area contributed by atoms with E-state index in [1.807, 2.05) is 26.0 Å². The molecule has 2 rings (SSSR count). The predicted molar refractivity (Wildman–Crippen MR) is 67.2 cm³/mol. The van der Waals surface area contributed by atoms with Crippen molar-refractivity contribution in [2.24, 2.45) is 5.92 Å². The second-order valence-corrected chi connectivity index (χ2v) is 4.89. The molecule has 4 heteroatoms. The Morgan fingerprint density at radius 2 is 2.17 bits per heavy atom. The molecule has 0 spiro atoms. The maximum absolute atomic E-state index is 11.9. The zero-order valence-corrected chi connectivity index (χ0v) is 10.6. The van der Waals surface area contributed by atoms with E-state index in [0.29, 0.717) is 24.4 Å². The van der Waals surface area contributed by atoms with Gasteiger partial charge < -0.3 is 10.1 Å². The zero-order chi connectivity index (χ0) is 13.1. The lowest BCUT2D eigenvalue weighted by Crippen LogP contribution is -2.42. The van der Waals surface area contributed by atoms with Crippen LogP contribution in [-0.4, -0.2) is 24.5 Å². The lowest BCUT2D eigenvalue weighted by atomic mass is 9.98. The van der Waals surface area contributed by atoms with E-state index in [-0.39, 0.29) is 5.91 Å². The number of fused-ring (bicyclic) bond motifs is 1. The van der Waals surface area contributed by atoms with Gasteiger partial charge in [-0.2, -0.15) is 0 Å². The number of esters is 1. The van der Waals surface area contributed by atoms with Crippen LogP contribution in [-0.2, 0) is 16.0 Å². The molecule has 18 heavy (non-hydrogen) atoms. The fraction of sp³-hybridized carbons (Fsp3) is 0.429. The number of hydrogen-bond acceptors (Lipinski definition) is 3. The lowest BCUT2D eigenvalue weighted by molar-refractivity contribution is -0.130. The molecular formula is C14H17NO3. The number of carbonyl (C=O) groups excluding carboxylic acids is 2. The number of carbonyl (C=O) groups is 2. The minimum Gasteiger partial charge on any atom is -0.448 e. The Morgan fingerprint density at radius 3 is 2.89 bits per heavy atom. The smallest absolute Gasteiger partial charge is 0.339 e. The first-order chi connectivity index (χ1) is 8.58. The molecule has 0 aliphatic carbocycles. The van der Waals surface area contributed by atoms with Crippen molar-refractivity contribution in [2.45, 2.75) is 26.4 Å². The van der Waals surface area contributed by atoms with Crippen molar-refractivity contribution >= 4 is 11.9 Å². The molecule has 1 aromatic rings. The van der Waals surface area contributed by atoms with Gasteiger partial charge in [0, 0.05) is 13.0 Å². The third-order valence-electron chi connectivity index (χ3n) is 2.87. The molecule has 0 saturated heterocycles. The Bertz CT molecular complexity index is 468. The number of ether oxygens (including phenoxy) is 1. The molecule has 1 atom stereocenters. The largest absolute Gasteiger partial charge is 0.448 e. The van der Waals surface area contributed by atoms with Crippen LogP contribution >= 0.6 is 0 Å². The summed E-state index contributed by atoms with van der Waals surface area (Å²) in [6.45, 7) is 4.62. The van der Waals surface area contributed by atoms with Crippen molar-refractivity contribution in [1.82, 2.24) is 5.32 Å². The number of rotatable bonds is 3. The monoisotopic (exact) mass is 247 g/mol. The number of amides is 1. The second-order valence-electron chi connectivity index (χ2n) is 4.89. The third kappa shape index (κ3) is 2.70. The number of cyclic esters (lactones) is 1. The van der Waals surface area contributed by atoms with Crippen LogP contribution in [0.2, 0.25) is 0 Å². The topological polar surface area (TPSA) is 55.4 Å². The average Bonchev–Trinajstić information content (AvgIpc) is 2.36. The maximum Gasteiger partial charge on any atom is 0.339 e. The highest BCUT2D eigenvalue weighted by Gasteiger charge is 2.30. The molecule has 1 aliphatic rings. The van der Waals surface area contributed by atoms with Crippen LogP contribution < -0.4 is 5.32 Å². The van der Waals surface area contributed by atoms with Crippen LogP contribution in [0.25, 0.3) is 0 Å². The quantitative estimate of drug-likeness (QED) is 0.824. The Balaban J connectivity index is 2.06. The van der Waals surface area contributed by atoms with Crippen molar-refractivity contribution < 1.29 is 14.3 Å². The maximum atomic E-state index is 11.9. The Labute approximate surface area is 106 Å². The minimum absolute atomic E-state index is 0.216. The third-order valence-corrected chi connectivity index (χ3v) is 2.87. The van der Waals surface area contributed by atoms with E-state index in [4.69, 9.17) is 4.74 Å². The molecule has 0 saturated carbocycles. The van der Waals surface area contributed by atoms with Crippen molar-refractivity contribution in [1.29, 1.82) is 0 Å². The Kier molecular flexibility index (Phi) is 3.65. The number of nitrogens with one attached hydrogen (secondary N) is 1. The molecule has 0 aromatic heterocycles. The van der Waals surface area contributed by atoms with E-state index in [2.05, 4.69) is 5.32 Å². The molecular weight excluding hydrogens is 230 g/mol. The molecule has 1 amide bonds. The molecule has 1 N–H and O–H groups in total. The predicted octanol–water partition coefficient (Wildman–Crippen LogP) is 1.54. The summed E-state index contributed by atoms with van der Waals surface area (Å²) in [5.74, 6) is -0.256. The number of hydrogen-bond donors (Lipinski definition) is 1. The molecule has 1 heterocycles. The van der Waals surface area contributed by atoms with Gasteiger partial charge in [-0.15, -0.1) is 0 Å². The van der Waals surface area contributed by atoms with Gasteiger partial charge in [0.2, 0.25) is 0 Å². The van der Waals surface area contributed by atoms with E-state index in [1.54, 1.807) is 12.1 Å². The molecule has 0 bridgehead atoms.